The number of anilines is 1. The average Bonchev–Trinajstić information content (AvgIpc) is 2.97. The van der Waals surface area contributed by atoms with Crippen LogP contribution in [0, 0.1) is 10.1 Å². The SMILES string of the molecule is CN(C)c1ccc(C(=O)NCC2CCCO2)cc1[N+](=O)[O-]. The Morgan fingerprint density at radius 3 is 2.86 bits per heavy atom. The Balaban J connectivity index is 2.09. The van der Waals surface area contributed by atoms with Crippen molar-refractivity contribution in [3.63, 3.8) is 0 Å². The number of carbonyl (C=O) groups is 1. The number of nitro benzene ring substituents is 1. The van der Waals surface area contributed by atoms with Gasteiger partial charge in [0.05, 0.1) is 11.0 Å². The van der Waals surface area contributed by atoms with Crippen molar-refractivity contribution in [2.24, 2.45) is 0 Å². The van der Waals surface area contributed by atoms with E-state index in [1.807, 2.05) is 0 Å². The molecule has 7 nitrogen and oxygen atoms in total. The normalized spacial score (nSPS) is 17.5. The largest absolute Gasteiger partial charge is 0.376 e. The Labute approximate surface area is 123 Å². The van der Waals surface area contributed by atoms with Crippen LogP contribution >= 0.6 is 0 Å². The first-order chi connectivity index (χ1) is 9.99. The lowest BCUT2D eigenvalue weighted by molar-refractivity contribution is -0.384. The van der Waals surface area contributed by atoms with Crippen molar-refractivity contribution in [1.82, 2.24) is 5.32 Å². The highest BCUT2D eigenvalue weighted by molar-refractivity contribution is 5.95. The van der Waals surface area contributed by atoms with E-state index in [1.54, 1.807) is 31.1 Å². The Morgan fingerprint density at radius 1 is 1.52 bits per heavy atom. The standard InChI is InChI=1S/C14H19N3O4/c1-16(2)12-6-5-10(8-13(12)17(19)20)14(18)15-9-11-4-3-7-21-11/h5-6,8,11H,3-4,7,9H2,1-2H3,(H,15,18). The highest BCUT2D eigenvalue weighted by atomic mass is 16.6. The topological polar surface area (TPSA) is 84.7 Å². The molecular weight excluding hydrogens is 274 g/mol. The van der Waals surface area contributed by atoms with Crippen molar-refractivity contribution in [1.29, 1.82) is 0 Å². The van der Waals surface area contributed by atoms with E-state index in [2.05, 4.69) is 5.32 Å². The second kappa shape index (κ2) is 6.53. The number of amides is 1. The highest BCUT2D eigenvalue weighted by Gasteiger charge is 2.20. The van der Waals surface area contributed by atoms with Gasteiger partial charge >= 0.3 is 0 Å². The van der Waals surface area contributed by atoms with Gasteiger partial charge in [0.15, 0.2) is 0 Å². The van der Waals surface area contributed by atoms with Gasteiger partial charge in [-0.15, -0.1) is 0 Å². The number of carbonyl (C=O) groups excluding carboxylic acids is 1. The summed E-state index contributed by atoms with van der Waals surface area (Å²) < 4.78 is 5.42. The third-order valence-electron chi connectivity index (χ3n) is 3.43. The molecule has 1 aliphatic heterocycles. The first-order valence-corrected chi connectivity index (χ1v) is 6.84. The number of ether oxygens (including phenoxy) is 1. The van der Waals surface area contributed by atoms with E-state index in [0.29, 0.717) is 12.2 Å². The molecule has 0 bridgehead atoms. The van der Waals surface area contributed by atoms with E-state index in [0.717, 1.165) is 19.4 Å². The molecule has 1 aromatic rings. The molecule has 1 atom stereocenters. The van der Waals surface area contributed by atoms with Crippen molar-refractivity contribution in [2.75, 3.05) is 32.1 Å². The molecule has 1 fully saturated rings. The van der Waals surface area contributed by atoms with Crippen LogP contribution in [0.3, 0.4) is 0 Å². The van der Waals surface area contributed by atoms with Gasteiger partial charge in [-0.2, -0.15) is 0 Å². The number of nitrogens with one attached hydrogen (secondary N) is 1. The summed E-state index contributed by atoms with van der Waals surface area (Å²) in [7, 11) is 3.44. The molecule has 2 rings (SSSR count). The molecule has 0 aliphatic carbocycles. The van der Waals surface area contributed by atoms with Gasteiger partial charge in [0.25, 0.3) is 11.6 Å². The van der Waals surface area contributed by atoms with E-state index < -0.39 is 4.92 Å². The van der Waals surface area contributed by atoms with Crippen LogP contribution in [-0.4, -0.2) is 44.2 Å². The van der Waals surface area contributed by atoms with Crippen LogP contribution in [0.4, 0.5) is 11.4 Å². The highest BCUT2D eigenvalue weighted by Crippen LogP contribution is 2.27. The molecular formula is C14H19N3O4. The van der Waals surface area contributed by atoms with Gasteiger partial charge in [0.2, 0.25) is 0 Å². The fourth-order valence-electron chi connectivity index (χ4n) is 2.30. The van der Waals surface area contributed by atoms with Crippen molar-refractivity contribution in [3.8, 4) is 0 Å². The Kier molecular flexibility index (Phi) is 4.74. The van der Waals surface area contributed by atoms with E-state index in [9.17, 15) is 14.9 Å². The fourth-order valence-corrected chi connectivity index (χ4v) is 2.30. The zero-order valence-corrected chi connectivity index (χ0v) is 12.2. The molecule has 1 amide bonds. The fraction of sp³-hybridized carbons (Fsp3) is 0.500. The third-order valence-corrected chi connectivity index (χ3v) is 3.43. The molecule has 1 aliphatic rings. The van der Waals surface area contributed by atoms with Crippen LogP contribution < -0.4 is 10.2 Å². The molecule has 1 heterocycles. The van der Waals surface area contributed by atoms with E-state index in [4.69, 9.17) is 4.74 Å². The summed E-state index contributed by atoms with van der Waals surface area (Å²) in [5.41, 5.74) is 0.672. The van der Waals surface area contributed by atoms with Crippen molar-refractivity contribution < 1.29 is 14.5 Å². The minimum Gasteiger partial charge on any atom is -0.376 e. The number of rotatable bonds is 5. The Morgan fingerprint density at radius 2 is 2.29 bits per heavy atom. The summed E-state index contributed by atoms with van der Waals surface area (Å²) >= 11 is 0. The van der Waals surface area contributed by atoms with Gasteiger partial charge in [-0.25, -0.2) is 0 Å². The van der Waals surface area contributed by atoms with Crippen molar-refractivity contribution >= 4 is 17.3 Å². The van der Waals surface area contributed by atoms with E-state index in [-0.39, 0.29) is 23.3 Å². The monoisotopic (exact) mass is 293 g/mol. The molecule has 1 N–H and O–H groups in total. The Bertz CT molecular complexity index is 539. The summed E-state index contributed by atoms with van der Waals surface area (Å²) in [4.78, 5) is 24.3. The maximum atomic E-state index is 12.1. The van der Waals surface area contributed by atoms with Gasteiger partial charge in [-0.3, -0.25) is 14.9 Å². The molecule has 1 aromatic carbocycles. The minimum atomic E-state index is -0.480. The lowest BCUT2D eigenvalue weighted by atomic mass is 10.1. The lowest BCUT2D eigenvalue weighted by Crippen LogP contribution is -2.31. The quantitative estimate of drug-likeness (QED) is 0.658. The maximum absolute atomic E-state index is 12.1. The zero-order valence-electron chi connectivity index (χ0n) is 12.2. The van der Waals surface area contributed by atoms with Crippen LogP contribution in [0.25, 0.3) is 0 Å². The molecule has 0 saturated carbocycles. The molecule has 0 radical (unpaired) electrons. The van der Waals surface area contributed by atoms with Crippen LogP contribution in [0.5, 0.6) is 0 Å². The van der Waals surface area contributed by atoms with Crippen LogP contribution in [0.2, 0.25) is 0 Å². The smallest absolute Gasteiger partial charge is 0.293 e. The first kappa shape index (κ1) is 15.2. The predicted molar refractivity (Wildman–Crippen MR) is 78.7 cm³/mol. The van der Waals surface area contributed by atoms with E-state index in [1.165, 1.54) is 6.07 Å². The molecule has 0 aromatic heterocycles. The van der Waals surface area contributed by atoms with Crippen LogP contribution in [0.1, 0.15) is 23.2 Å². The molecule has 1 unspecified atom stereocenters. The maximum Gasteiger partial charge on any atom is 0.293 e. The lowest BCUT2D eigenvalue weighted by Gasteiger charge is -2.14. The summed E-state index contributed by atoms with van der Waals surface area (Å²) in [6.07, 6.45) is 1.98. The summed E-state index contributed by atoms with van der Waals surface area (Å²) in [5.74, 6) is -0.320. The number of benzene rings is 1. The zero-order chi connectivity index (χ0) is 15.4. The van der Waals surface area contributed by atoms with Gasteiger partial charge in [0, 0.05) is 38.9 Å². The molecule has 21 heavy (non-hydrogen) atoms. The van der Waals surface area contributed by atoms with Gasteiger partial charge in [0.1, 0.15) is 5.69 Å². The van der Waals surface area contributed by atoms with E-state index >= 15 is 0 Å². The first-order valence-electron chi connectivity index (χ1n) is 6.84. The number of hydrogen-bond acceptors (Lipinski definition) is 5. The number of hydrogen-bond donors (Lipinski definition) is 1. The summed E-state index contributed by atoms with van der Waals surface area (Å²) in [5, 5.41) is 13.9. The predicted octanol–water partition coefficient (Wildman–Crippen LogP) is 1.57. The van der Waals surface area contributed by atoms with Crippen molar-refractivity contribution in [2.45, 2.75) is 18.9 Å². The molecule has 1 saturated heterocycles. The number of nitro groups is 1. The van der Waals surface area contributed by atoms with Crippen LogP contribution in [0.15, 0.2) is 18.2 Å². The molecule has 0 spiro atoms. The van der Waals surface area contributed by atoms with Gasteiger partial charge < -0.3 is 15.0 Å². The minimum absolute atomic E-state index is 0.0463. The summed E-state index contributed by atoms with van der Waals surface area (Å²) in [6.45, 7) is 1.16. The second-order valence-electron chi connectivity index (χ2n) is 5.20. The molecule has 7 heteroatoms. The van der Waals surface area contributed by atoms with Gasteiger partial charge in [-0.05, 0) is 25.0 Å². The Hall–Kier alpha value is -2.15. The average molecular weight is 293 g/mol. The number of nitrogens with zero attached hydrogens (tertiary/aromatic N) is 2. The second-order valence-corrected chi connectivity index (χ2v) is 5.20. The van der Waals surface area contributed by atoms with Gasteiger partial charge in [-0.1, -0.05) is 0 Å². The van der Waals surface area contributed by atoms with Crippen LogP contribution in [-0.2, 0) is 4.74 Å². The summed E-state index contributed by atoms with van der Waals surface area (Å²) in [6, 6.07) is 4.48. The molecule has 114 valence electrons. The van der Waals surface area contributed by atoms with Crippen molar-refractivity contribution in [3.05, 3.63) is 33.9 Å². The third kappa shape index (κ3) is 3.69.